The first-order chi connectivity index (χ1) is 10.3. The molecule has 10 heteroatoms. The van der Waals surface area contributed by atoms with Crippen LogP contribution in [0, 0.1) is 5.92 Å². The van der Waals surface area contributed by atoms with E-state index in [1.54, 1.807) is 6.33 Å². The summed E-state index contributed by atoms with van der Waals surface area (Å²) in [5, 5.41) is 2.80. The van der Waals surface area contributed by atoms with Gasteiger partial charge in [-0.05, 0) is 18.8 Å². The molecule has 1 aliphatic heterocycles. The lowest BCUT2D eigenvalue weighted by atomic mass is 10.1. The van der Waals surface area contributed by atoms with Crippen LogP contribution in [-0.2, 0) is 4.57 Å². The fourth-order valence-electron chi connectivity index (χ4n) is 2.76. The van der Waals surface area contributed by atoms with Crippen molar-refractivity contribution < 1.29 is 14.4 Å². The molecule has 2 aliphatic rings. The first kappa shape index (κ1) is 15.6. The molecule has 3 unspecified atom stereocenters. The lowest BCUT2D eigenvalue weighted by Gasteiger charge is -2.20. The highest BCUT2D eigenvalue weighted by Gasteiger charge is 2.29. The van der Waals surface area contributed by atoms with E-state index < -0.39 is 13.1 Å². The summed E-state index contributed by atoms with van der Waals surface area (Å²) in [6.45, 7) is 0. The van der Waals surface area contributed by atoms with Crippen LogP contribution in [0.3, 0.4) is 0 Å². The van der Waals surface area contributed by atoms with Crippen LogP contribution >= 0.6 is 19.2 Å². The Labute approximate surface area is 132 Å². The predicted octanol–water partition coefficient (Wildman–Crippen LogP) is 1.35. The normalized spacial score (nSPS) is 27.4. The van der Waals surface area contributed by atoms with Gasteiger partial charge in [0.1, 0.15) is 5.69 Å². The van der Waals surface area contributed by atoms with Crippen LogP contribution in [0.25, 0.3) is 0 Å². The number of nitrogens with zero attached hydrogens (tertiary/aromatic N) is 3. The van der Waals surface area contributed by atoms with Crippen molar-refractivity contribution in [1.82, 2.24) is 14.9 Å². The third-order valence-electron chi connectivity index (χ3n) is 3.83. The molecule has 0 amide bonds. The summed E-state index contributed by atoms with van der Waals surface area (Å²) in [6, 6.07) is 0.0385. The molecule has 22 heavy (non-hydrogen) atoms. The molecule has 0 aromatic carbocycles. The van der Waals surface area contributed by atoms with E-state index in [0.717, 1.165) is 6.42 Å². The Morgan fingerprint density at radius 3 is 3.00 bits per heavy atom. The van der Waals surface area contributed by atoms with E-state index in [0.29, 0.717) is 17.9 Å². The van der Waals surface area contributed by atoms with Crippen molar-refractivity contribution in [3.63, 3.8) is 0 Å². The molecule has 2 heterocycles. The number of nitrogens with one attached hydrogen (secondary N) is 1. The summed E-state index contributed by atoms with van der Waals surface area (Å²) in [4.78, 5) is 26.5. The summed E-state index contributed by atoms with van der Waals surface area (Å²) in [5.74, 6) is 1.00. The van der Waals surface area contributed by atoms with Crippen molar-refractivity contribution >= 4 is 31.0 Å². The van der Waals surface area contributed by atoms with E-state index in [1.165, 1.54) is 0 Å². The molecule has 3 rings (SSSR count). The number of halogens is 1. The number of rotatable bonds is 4. The first-order valence-corrected chi connectivity index (χ1v) is 9.11. The number of guanidine groups is 1. The lowest BCUT2D eigenvalue weighted by Crippen LogP contribution is -2.35. The van der Waals surface area contributed by atoms with Crippen molar-refractivity contribution in [2.75, 3.05) is 6.16 Å². The number of alkyl halides is 1. The summed E-state index contributed by atoms with van der Waals surface area (Å²) in [7, 11) is -3.95. The minimum atomic E-state index is -3.95. The van der Waals surface area contributed by atoms with E-state index in [2.05, 4.69) is 15.3 Å². The number of hydrogen-bond acceptors (Lipinski definition) is 5. The van der Waals surface area contributed by atoms with Crippen molar-refractivity contribution in [1.29, 1.82) is 0 Å². The Bertz CT molecular complexity index is 682. The maximum absolute atomic E-state index is 11.0. The molecule has 0 saturated heterocycles. The molecule has 0 saturated carbocycles. The molecule has 1 aliphatic carbocycles. The van der Waals surface area contributed by atoms with Gasteiger partial charge in [-0.3, -0.25) is 4.57 Å². The first-order valence-electron chi connectivity index (χ1n) is 6.88. The molecule has 1 aromatic rings. The van der Waals surface area contributed by atoms with Crippen LogP contribution in [0.1, 0.15) is 30.1 Å². The Hall–Kier alpha value is -1.34. The van der Waals surface area contributed by atoms with E-state index in [-0.39, 0.29) is 24.1 Å². The molecular weight excluding hydrogens is 329 g/mol. The SMILES string of the molecule is NC1=Nc2c(ncn2C2C=CC(CCP(=O)(O)O)C2)C(Cl)N1. The molecule has 5 N–H and O–H groups in total. The average molecular weight is 346 g/mol. The van der Waals surface area contributed by atoms with Gasteiger partial charge in [0.05, 0.1) is 18.5 Å². The second-order valence-corrected chi connectivity index (χ2v) is 7.70. The smallest absolute Gasteiger partial charge is 0.325 e. The minimum Gasteiger partial charge on any atom is -0.370 e. The Morgan fingerprint density at radius 1 is 1.50 bits per heavy atom. The highest BCUT2D eigenvalue weighted by molar-refractivity contribution is 7.51. The van der Waals surface area contributed by atoms with Gasteiger partial charge in [0.2, 0.25) is 0 Å². The highest BCUT2D eigenvalue weighted by Crippen LogP contribution is 2.41. The summed E-state index contributed by atoms with van der Waals surface area (Å²) in [5.41, 5.74) is 5.82. The van der Waals surface area contributed by atoms with Gasteiger partial charge in [-0.2, -0.15) is 4.99 Å². The Kier molecular flexibility index (Phi) is 4.03. The molecular formula is C12H17ClN5O3P. The zero-order valence-electron chi connectivity index (χ0n) is 11.6. The summed E-state index contributed by atoms with van der Waals surface area (Å²) < 4.78 is 12.9. The van der Waals surface area contributed by atoms with Crippen LogP contribution in [0.15, 0.2) is 23.5 Å². The molecule has 8 nitrogen and oxygen atoms in total. The number of imidazole rings is 1. The fourth-order valence-corrected chi connectivity index (χ4v) is 3.69. The molecule has 0 spiro atoms. The van der Waals surface area contributed by atoms with E-state index in [4.69, 9.17) is 27.1 Å². The molecule has 0 radical (unpaired) electrons. The zero-order chi connectivity index (χ0) is 15.9. The number of fused-ring (bicyclic) bond motifs is 1. The van der Waals surface area contributed by atoms with Crippen LogP contribution < -0.4 is 11.1 Å². The topological polar surface area (TPSA) is 126 Å². The molecule has 120 valence electrons. The largest absolute Gasteiger partial charge is 0.370 e. The molecule has 3 atom stereocenters. The second-order valence-electron chi connectivity index (χ2n) is 5.49. The number of nitrogens with two attached hydrogens (primary N) is 1. The molecule has 0 fully saturated rings. The third-order valence-corrected chi connectivity index (χ3v) is 4.99. The van der Waals surface area contributed by atoms with Crippen LogP contribution in [0.2, 0.25) is 0 Å². The van der Waals surface area contributed by atoms with E-state index in [9.17, 15) is 4.57 Å². The zero-order valence-corrected chi connectivity index (χ0v) is 13.3. The standard InChI is InChI=1S/C12H17ClN5O3P/c13-10-9-11(17-12(14)16-10)18(6-15-9)8-2-1-7(5-8)3-4-22(19,20)21/h1-2,6-8,10H,3-5H2,(H3,14,16,17)(H2,19,20,21). The second kappa shape index (κ2) is 5.70. The van der Waals surface area contributed by atoms with Crippen molar-refractivity contribution in [3.05, 3.63) is 24.2 Å². The summed E-state index contributed by atoms with van der Waals surface area (Å²) in [6.07, 6.45) is 6.76. The molecule has 1 aromatic heterocycles. The van der Waals surface area contributed by atoms with Crippen molar-refractivity contribution in [2.24, 2.45) is 16.6 Å². The number of hydrogen-bond donors (Lipinski definition) is 4. The van der Waals surface area contributed by atoms with Gasteiger partial charge in [-0.15, -0.1) is 0 Å². The van der Waals surface area contributed by atoms with Gasteiger partial charge in [-0.1, -0.05) is 23.8 Å². The number of aliphatic imine (C=N–C) groups is 1. The van der Waals surface area contributed by atoms with Gasteiger partial charge >= 0.3 is 7.60 Å². The summed E-state index contributed by atoms with van der Waals surface area (Å²) >= 11 is 6.14. The maximum Gasteiger partial charge on any atom is 0.325 e. The van der Waals surface area contributed by atoms with Crippen LogP contribution in [0.5, 0.6) is 0 Å². The predicted molar refractivity (Wildman–Crippen MR) is 83.1 cm³/mol. The number of allylic oxidation sites excluding steroid dienone is 2. The quantitative estimate of drug-likeness (QED) is 0.282. The van der Waals surface area contributed by atoms with E-state index in [1.807, 2.05) is 16.7 Å². The molecule has 0 bridgehead atoms. The highest BCUT2D eigenvalue weighted by atomic mass is 35.5. The van der Waals surface area contributed by atoms with Crippen molar-refractivity contribution in [2.45, 2.75) is 24.4 Å². The Morgan fingerprint density at radius 2 is 2.27 bits per heavy atom. The fraction of sp³-hybridized carbons (Fsp3) is 0.500. The van der Waals surface area contributed by atoms with Gasteiger partial charge in [0.15, 0.2) is 17.3 Å². The third kappa shape index (κ3) is 3.20. The van der Waals surface area contributed by atoms with Crippen LogP contribution in [0.4, 0.5) is 5.82 Å². The van der Waals surface area contributed by atoms with Gasteiger partial charge in [0, 0.05) is 0 Å². The monoisotopic (exact) mass is 345 g/mol. The van der Waals surface area contributed by atoms with Crippen LogP contribution in [-0.4, -0.2) is 31.5 Å². The van der Waals surface area contributed by atoms with Gasteiger partial charge in [0.25, 0.3) is 0 Å². The van der Waals surface area contributed by atoms with Gasteiger partial charge < -0.3 is 25.4 Å². The number of aromatic nitrogens is 2. The Balaban J connectivity index is 1.73. The van der Waals surface area contributed by atoms with E-state index >= 15 is 0 Å². The van der Waals surface area contributed by atoms with Gasteiger partial charge in [-0.25, -0.2) is 4.98 Å². The minimum absolute atomic E-state index is 0.0385. The lowest BCUT2D eigenvalue weighted by molar-refractivity contribution is 0.366. The van der Waals surface area contributed by atoms with Crippen molar-refractivity contribution in [3.8, 4) is 0 Å². The maximum atomic E-state index is 11.0. The average Bonchev–Trinajstić information content (AvgIpc) is 3.01.